The van der Waals surface area contributed by atoms with E-state index in [1.54, 1.807) is 6.20 Å². The molecule has 2 heterocycles. The molecule has 4 heteroatoms. The molecule has 1 aromatic heterocycles. The number of likely N-dealkylation sites (N-methyl/N-ethyl adjacent to an activating group) is 1. The van der Waals surface area contributed by atoms with Crippen LogP contribution in [0.25, 0.3) is 0 Å². The van der Waals surface area contributed by atoms with E-state index >= 15 is 0 Å². The van der Waals surface area contributed by atoms with Gasteiger partial charge in [0.1, 0.15) is 0 Å². The van der Waals surface area contributed by atoms with Crippen LogP contribution in [0.3, 0.4) is 0 Å². The van der Waals surface area contributed by atoms with Crippen molar-refractivity contribution in [1.29, 1.82) is 0 Å². The van der Waals surface area contributed by atoms with Crippen molar-refractivity contribution in [3.63, 3.8) is 0 Å². The number of nitrogens with one attached hydrogen (secondary N) is 1. The SMILES string of the molecule is CN(Cc1cccnc1)C1CNCC1O. The van der Waals surface area contributed by atoms with E-state index in [1.165, 1.54) is 5.56 Å². The highest BCUT2D eigenvalue weighted by Crippen LogP contribution is 2.10. The summed E-state index contributed by atoms with van der Waals surface area (Å²) in [6, 6.07) is 4.20. The topological polar surface area (TPSA) is 48.4 Å². The normalized spacial score (nSPS) is 26.1. The Hall–Kier alpha value is -0.970. The molecule has 0 spiro atoms. The number of nitrogens with zero attached hydrogens (tertiary/aromatic N) is 2. The molecule has 1 saturated heterocycles. The molecule has 1 aliphatic rings. The zero-order valence-electron chi connectivity index (χ0n) is 8.93. The number of rotatable bonds is 3. The number of aliphatic hydroxyl groups is 1. The summed E-state index contributed by atoms with van der Waals surface area (Å²) in [6.45, 7) is 2.39. The Labute approximate surface area is 89.9 Å². The predicted octanol–water partition coefficient (Wildman–Crippen LogP) is -0.154. The van der Waals surface area contributed by atoms with E-state index in [0.29, 0.717) is 6.54 Å². The molecule has 0 amide bonds. The first-order valence-electron chi connectivity index (χ1n) is 5.25. The lowest BCUT2D eigenvalue weighted by Gasteiger charge is -2.25. The molecule has 4 nitrogen and oxygen atoms in total. The molecule has 0 radical (unpaired) electrons. The van der Waals surface area contributed by atoms with Gasteiger partial charge in [0.25, 0.3) is 0 Å². The van der Waals surface area contributed by atoms with Crippen LogP contribution < -0.4 is 5.32 Å². The third-order valence-corrected chi connectivity index (χ3v) is 2.87. The average molecular weight is 207 g/mol. The second-order valence-electron chi connectivity index (χ2n) is 4.07. The summed E-state index contributed by atoms with van der Waals surface area (Å²) in [7, 11) is 2.04. The zero-order chi connectivity index (χ0) is 10.7. The fourth-order valence-corrected chi connectivity index (χ4v) is 2.00. The van der Waals surface area contributed by atoms with Gasteiger partial charge in [0, 0.05) is 38.1 Å². The molecule has 0 aromatic carbocycles. The molecule has 15 heavy (non-hydrogen) atoms. The molecule has 0 saturated carbocycles. The fraction of sp³-hybridized carbons (Fsp3) is 0.545. The smallest absolute Gasteiger partial charge is 0.0831 e. The monoisotopic (exact) mass is 207 g/mol. The van der Waals surface area contributed by atoms with E-state index in [0.717, 1.165) is 13.1 Å². The van der Waals surface area contributed by atoms with E-state index in [9.17, 15) is 5.11 Å². The second kappa shape index (κ2) is 4.70. The van der Waals surface area contributed by atoms with Crippen LogP contribution in [-0.4, -0.2) is 47.3 Å². The van der Waals surface area contributed by atoms with Crippen molar-refractivity contribution < 1.29 is 5.11 Å². The highest BCUT2D eigenvalue weighted by molar-refractivity contribution is 5.08. The molecule has 0 aliphatic carbocycles. The molecule has 2 rings (SSSR count). The maximum absolute atomic E-state index is 9.72. The third-order valence-electron chi connectivity index (χ3n) is 2.87. The minimum atomic E-state index is -0.258. The first-order chi connectivity index (χ1) is 7.27. The maximum atomic E-state index is 9.72. The minimum Gasteiger partial charge on any atom is -0.390 e. The van der Waals surface area contributed by atoms with Crippen LogP contribution in [0.2, 0.25) is 0 Å². The van der Waals surface area contributed by atoms with Gasteiger partial charge in [-0.1, -0.05) is 6.07 Å². The van der Waals surface area contributed by atoms with Gasteiger partial charge < -0.3 is 10.4 Å². The Morgan fingerprint density at radius 3 is 3.07 bits per heavy atom. The predicted molar refractivity (Wildman–Crippen MR) is 58.4 cm³/mol. The summed E-state index contributed by atoms with van der Waals surface area (Å²) in [5.74, 6) is 0. The summed E-state index contributed by atoms with van der Waals surface area (Å²) in [5.41, 5.74) is 1.18. The molecule has 1 fully saturated rings. The highest BCUT2D eigenvalue weighted by atomic mass is 16.3. The number of pyridine rings is 1. The summed E-state index contributed by atoms with van der Waals surface area (Å²) in [6.07, 6.45) is 3.38. The van der Waals surface area contributed by atoms with Crippen LogP contribution in [0.4, 0.5) is 0 Å². The van der Waals surface area contributed by atoms with Crippen LogP contribution in [0, 0.1) is 0 Å². The summed E-state index contributed by atoms with van der Waals surface area (Å²) in [5, 5.41) is 12.9. The minimum absolute atomic E-state index is 0.213. The van der Waals surface area contributed by atoms with Crippen molar-refractivity contribution in [2.45, 2.75) is 18.7 Å². The Kier molecular flexibility index (Phi) is 3.30. The quantitative estimate of drug-likeness (QED) is 0.723. The van der Waals surface area contributed by atoms with Crippen LogP contribution in [0.5, 0.6) is 0 Å². The molecule has 2 N–H and O–H groups in total. The van der Waals surface area contributed by atoms with Crippen molar-refractivity contribution in [1.82, 2.24) is 15.2 Å². The zero-order valence-corrected chi connectivity index (χ0v) is 8.93. The Bertz CT molecular complexity index is 304. The number of hydrogen-bond donors (Lipinski definition) is 2. The van der Waals surface area contributed by atoms with E-state index in [1.807, 2.05) is 19.3 Å². The van der Waals surface area contributed by atoms with Crippen molar-refractivity contribution in [2.24, 2.45) is 0 Å². The van der Waals surface area contributed by atoms with E-state index in [-0.39, 0.29) is 12.1 Å². The third kappa shape index (κ3) is 2.53. The van der Waals surface area contributed by atoms with Crippen LogP contribution >= 0.6 is 0 Å². The number of aromatic nitrogens is 1. The lowest BCUT2D eigenvalue weighted by molar-refractivity contribution is 0.0955. The van der Waals surface area contributed by atoms with Gasteiger partial charge in [-0.3, -0.25) is 9.88 Å². The van der Waals surface area contributed by atoms with Gasteiger partial charge in [-0.05, 0) is 18.7 Å². The van der Waals surface area contributed by atoms with Gasteiger partial charge in [-0.2, -0.15) is 0 Å². The number of β-amino-alcohol motifs (C(OH)–C–C–N with tert-alkyl or cyclic N) is 1. The Morgan fingerprint density at radius 2 is 2.47 bits per heavy atom. The summed E-state index contributed by atoms with van der Waals surface area (Å²) < 4.78 is 0. The van der Waals surface area contributed by atoms with Crippen LogP contribution in [-0.2, 0) is 6.54 Å². The Balaban J connectivity index is 1.94. The largest absolute Gasteiger partial charge is 0.390 e. The summed E-state index contributed by atoms with van der Waals surface area (Å²) in [4.78, 5) is 6.25. The van der Waals surface area contributed by atoms with Crippen molar-refractivity contribution in [2.75, 3.05) is 20.1 Å². The van der Waals surface area contributed by atoms with Crippen LogP contribution in [0.1, 0.15) is 5.56 Å². The van der Waals surface area contributed by atoms with Gasteiger partial charge in [0.05, 0.1) is 6.10 Å². The molecular formula is C11H17N3O. The fourth-order valence-electron chi connectivity index (χ4n) is 2.00. The van der Waals surface area contributed by atoms with Crippen molar-refractivity contribution in [3.05, 3.63) is 30.1 Å². The van der Waals surface area contributed by atoms with Gasteiger partial charge in [0.15, 0.2) is 0 Å². The van der Waals surface area contributed by atoms with Gasteiger partial charge in [-0.25, -0.2) is 0 Å². The molecule has 0 bridgehead atoms. The van der Waals surface area contributed by atoms with Gasteiger partial charge in [-0.15, -0.1) is 0 Å². The first kappa shape index (κ1) is 10.5. The number of aliphatic hydroxyl groups excluding tert-OH is 1. The van der Waals surface area contributed by atoms with Crippen molar-refractivity contribution in [3.8, 4) is 0 Å². The molecule has 1 aromatic rings. The second-order valence-corrected chi connectivity index (χ2v) is 4.07. The molecule has 82 valence electrons. The molecule has 2 atom stereocenters. The lowest BCUT2D eigenvalue weighted by Crippen LogP contribution is -2.40. The molecule has 1 aliphatic heterocycles. The van der Waals surface area contributed by atoms with Crippen molar-refractivity contribution >= 4 is 0 Å². The van der Waals surface area contributed by atoms with E-state index in [4.69, 9.17) is 0 Å². The molecule has 2 unspecified atom stereocenters. The van der Waals surface area contributed by atoms with E-state index in [2.05, 4.69) is 21.3 Å². The van der Waals surface area contributed by atoms with Gasteiger partial charge >= 0.3 is 0 Å². The lowest BCUT2D eigenvalue weighted by atomic mass is 10.1. The average Bonchev–Trinajstić information content (AvgIpc) is 2.66. The molecular weight excluding hydrogens is 190 g/mol. The first-order valence-corrected chi connectivity index (χ1v) is 5.25. The Morgan fingerprint density at radius 1 is 1.60 bits per heavy atom. The maximum Gasteiger partial charge on any atom is 0.0831 e. The highest BCUT2D eigenvalue weighted by Gasteiger charge is 2.28. The van der Waals surface area contributed by atoms with Crippen LogP contribution in [0.15, 0.2) is 24.5 Å². The standard InChI is InChI=1S/C11H17N3O/c1-14(10-6-13-7-11(10)15)8-9-3-2-4-12-5-9/h2-5,10-11,13,15H,6-8H2,1H3. The summed E-state index contributed by atoms with van der Waals surface area (Å²) >= 11 is 0. The van der Waals surface area contributed by atoms with E-state index < -0.39 is 0 Å². The number of hydrogen-bond acceptors (Lipinski definition) is 4. The van der Waals surface area contributed by atoms with Gasteiger partial charge in [0.2, 0.25) is 0 Å².